The van der Waals surface area contributed by atoms with E-state index in [-0.39, 0.29) is 17.9 Å². The third-order valence-corrected chi connectivity index (χ3v) is 5.88. The lowest BCUT2D eigenvalue weighted by atomic mass is 9.94. The summed E-state index contributed by atoms with van der Waals surface area (Å²) < 4.78 is 2.13. The summed E-state index contributed by atoms with van der Waals surface area (Å²) in [6.45, 7) is 5.32. The van der Waals surface area contributed by atoms with Crippen molar-refractivity contribution in [2.75, 3.05) is 5.32 Å². The number of rotatable bonds is 5. The van der Waals surface area contributed by atoms with Crippen LogP contribution in [-0.2, 0) is 4.79 Å². The van der Waals surface area contributed by atoms with E-state index < -0.39 is 6.10 Å². The number of fused-ring (bicyclic) bond motifs is 1. The van der Waals surface area contributed by atoms with Crippen LogP contribution in [0.5, 0.6) is 0 Å². The SMILES string of the molecule is C=C(C)C(=O)Nc1ncnc2c1ccn2C1CCC(C(O)c2ccc(Cl)cc2)C1. The van der Waals surface area contributed by atoms with Crippen LogP contribution in [0.25, 0.3) is 11.0 Å². The Labute approximate surface area is 174 Å². The van der Waals surface area contributed by atoms with Crippen molar-refractivity contribution in [3.05, 3.63) is 65.6 Å². The van der Waals surface area contributed by atoms with E-state index in [2.05, 4.69) is 26.4 Å². The fraction of sp³-hybridized carbons (Fsp3) is 0.318. The Morgan fingerprint density at radius 3 is 2.76 bits per heavy atom. The van der Waals surface area contributed by atoms with Crippen LogP contribution in [0.1, 0.15) is 43.9 Å². The largest absolute Gasteiger partial charge is 0.388 e. The highest BCUT2D eigenvalue weighted by molar-refractivity contribution is 6.30. The summed E-state index contributed by atoms with van der Waals surface area (Å²) in [5.74, 6) is 0.394. The van der Waals surface area contributed by atoms with E-state index in [0.29, 0.717) is 16.4 Å². The van der Waals surface area contributed by atoms with Gasteiger partial charge in [0.05, 0.1) is 11.5 Å². The molecule has 1 saturated carbocycles. The van der Waals surface area contributed by atoms with Crippen molar-refractivity contribution in [3.8, 4) is 0 Å². The minimum absolute atomic E-state index is 0.169. The first kappa shape index (κ1) is 19.6. The monoisotopic (exact) mass is 410 g/mol. The maximum Gasteiger partial charge on any atom is 0.251 e. The van der Waals surface area contributed by atoms with Crippen LogP contribution in [-0.4, -0.2) is 25.5 Å². The van der Waals surface area contributed by atoms with Crippen LogP contribution in [0.15, 0.2) is 55.0 Å². The zero-order valence-electron chi connectivity index (χ0n) is 16.2. The molecule has 29 heavy (non-hydrogen) atoms. The minimum atomic E-state index is -0.515. The number of carbonyl (C=O) groups is 1. The van der Waals surface area contributed by atoms with Crippen molar-refractivity contribution in [3.63, 3.8) is 0 Å². The summed E-state index contributed by atoms with van der Waals surface area (Å²) >= 11 is 5.96. The molecule has 6 nitrogen and oxygen atoms in total. The first-order valence-corrected chi connectivity index (χ1v) is 10.0. The third-order valence-electron chi connectivity index (χ3n) is 5.63. The fourth-order valence-electron chi connectivity index (χ4n) is 4.04. The van der Waals surface area contributed by atoms with Crippen LogP contribution in [0.2, 0.25) is 5.02 Å². The van der Waals surface area contributed by atoms with Crippen LogP contribution in [0.4, 0.5) is 5.82 Å². The maximum atomic E-state index is 12.0. The standard InChI is InChI=1S/C22H23ClN4O2/c1-13(2)22(29)26-20-18-9-10-27(21(18)25-12-24-20)17-8-5-15(11-17)19(28)14-3-6-16(23)7-4-14/h3-4,6-7,9-10,12,15,17,19,28H,1,5,8,11H2,2H3,(H,24,25,26,29). The Bertz CT molecular complexity index is 1060. The molecular formula is C22H23ClN4O2. The number of hydrogen-bond acceptors (Lipinski definition) is 4. The van der Waals surface area contributed by atoms with Crippen molar-refractivity contribution < 1.29 is 9.90 Å². The maximum absolute atomic E-state index is 12.0. The lowest BCUT2D eigenvalue weighted by Gasteiger charge is -2.19. The fourth-order valence-corrected chi connectivity index (χ4v) is 4.17. The number of nitrogens with zero attached hydrogens (tertiary/aromatic N) is 3. The third kappa shape index (κ3) is 3.91. The van der Waals surface area contributed by atoms with Crippen molar-refractivity contribution in [1.82, 2.24) is 14.5 Å². The lowest BCUT2D eigenvalue weighted by molar-refractivity contribution is -0.112. The summed E-state index contributed by atoms with van der Waals surface area (Å²) in [5, 5.41) is 15.0. The van der Waals surface area contributed by atoms with Gasteiger partial charge < -0.3 is 15.0 Å². The zero-order chi connectivity index (χ0) is 20.5. The molecule has 0 radical (unpaired) electrons. The molecule has 4 rings (SSSR count). The molecule has 0 saturated heterocycles. The van der Waals surface area contributed by atoms with Gasteiger partial charge in [0.1, 0.15) is 17.8 Å². The Balaban J connectivity index is 1.54. The first-order valence-electron chi connectivity index (χ1n) is 9.66. The van der Waals surface area contributed by atoms with Gasteiger partial charge in [-0.2, -0.15) is 0 Å². The number of carbonyl (C=O) groups excluding carboxylic acids is 1. The number of nitrogens with one attached hydrogen (secondary N) is 1. The number of aliphatic hydroxyl groups is 1. The average molecular weight is 411 g/mol. The van der Waals surface area contributed by atoms with Crippen molar-refractivity contribution in [2.24, 2.45) is 5.92 Å². The van der Waals surface area contributed by atoms with E-state index >= 15 is 0 Å². The molecule has 1 fully saturated rings. The highest BCUT2D eigenvalue weighted by Gasteiger charge is 2.32. The highest BCUT2D eigenvalue weighted by Crippen LogP contribution is 2.42. The molecule has 0 bridgehead atoms. The predicted octanol–water partition coefficient (Wildman–Crippen LogP) is 4.67. The quantitative estimate of drug-likeness (QED) is 0.599. The van der Waals surface area contributed by atoms with Gasteiger partial charge in [0, 0.05) is 22.8 Å². The van der Waals surface area contributed by atoms with E-state index in [1.54, 1.807) is 6.92 Å². The Kier molecular flexibility index (Phi) is 5.39. The van der Waals surface area contributed by atoms with Crippen LogP contribution in [0.3, 0.4) is 0 Å². The van der Waals surface area contributed by atoms with Crippen molar-refractivity contribution in [1.29, 1.82) is 0 Å². The summed E-state index contributed by atoms with van der Waals surface area (Å²) in [4.78, 5) is 20.6. The van der Waals surface area contributed by atoms with Crippen LogP contribution in [0, 0.1) is 5.92 Å². The molecule has 3 unspecified atom stereocenters. The highest BCUT2D eigenvalue weighted by atomic mass is 35.5. The molecule has 2 N–H and O–H groups in total. The molecule has 1 aromatic carbocycles. The second-order valence-electron chi connectivity index (χ2n) is 7.64. The summed E-state index contributed by atoms with van der Waals surface area (Å²) in [5.41, 5.74) is 2.10. The topological polar surface area (TPSA) is 80.0 Å². The molecule has 0 spiro atoms. The van der Waals surface area contributed by atoms with Gasteiger partial charge in [0.2, 0.25) is 0 Å². The molecule has 1 amide bonds. The van der Waals surface area contributed by atoms with Gasteiger partial charge >= 0.3 is 0 Å². The molecule has 3 atom stereocenters. The van der Waals surface area contributed by atoms with Gasteiger partial charge in [-0.15, -0.1) is 0 Å². The number of benzene rings is 1. The van der Waals surface area contributed by atoms with Crippen molar-refractivity contribution >= 4 is 34.4 Å². The molecule has 150 valence electrons. The molecule has 1 aliphatic carbocycles. The zero-order valence-corrected chi connectivity index (χ0v) is 16.9. The summed E-state index contributed by atoms with van der Waals surface area (Å²) in [6.07, 6.45) is 5.67. The Hall–Kier alpha value is -2.70. The normalized spacial score (nSPS) is 20.0. The molecule has 0 aliphatic heterocycles. The number of hydrogen-bond donors (Lipinski definition) is 2. The van der Waals surface area contributed by atoms with E-state index in [4.69, 9.17) is 11.6 Å². The van der Waals surface area contributed by atoms with Gasteiger partial charge in [0.15, 0.2) is 0 Å². The van der Waals surface area contributed by atoms with E-state index in [0.717, 1.165) is 35.9 Å². The Morgan fingerprint density at radius 1 is 1.28 bits per heavy atom. The molecule has 2 aromatic heterocycles. The predicted molar refractivity (Wildman–Crippen MR) is 114 cm³/mol. The second-order valence-corrected chi connectivity index (χ2v) is 8.08. The number of halogens is 1. The number of anilines is 1. The number of aromatic nitrogens is 3. The van der Waals surface area contributed by atoms with Gasteiger partial charge in [-0.25, -0.2) is 9.97 Å². The Morgan fingerprint density at radius 2 is 2.03 bits per heavy atom. The van der Waals surface area contributed by atoms with Crippen LogP contribution < -0.4 is 5.32 Å². The molecule has 3 aromatic rings. The summed E-state index contributed by atoms with van der Waals surface area (Å²) in [6, 6.07) is 9.54. The van der Waals surface area contributed by atoms with Gasteiger partial charge in [-0.05, 0) is 55.9 Å². The lowest BCUT2D eigenvalue weighted by Crippen LogP contribution is -2.14. The van der Waals surface area contributed by atoms with E-state index in [1.807, 2.05) is 36.5 Å². The number of aliphatic hydroxyl groups excluding tert-OH is 1. The molecule has 7 heteroatoms. The van der Waals surface area contributed by atoms with Gasteiger partial charge in [-0.3, -0.25) is 4.79 Å². The smallest absolute Gasteiger partial charge is 0.251 e. The van der Waals surface area contributed by atoms with Gasteiger partial charge in [-0.1, -0.05) is 30.3 Å². The second kappa shape index (κ2) is 7.97. The van der Waals surface area contributed by atoms with E-state index in [9.17, 15) is 9.90 Å². The van der Waals surface area contributed by atoms with Crippen LogP contribution >= 0.6 is 11.6 Å². The summed E-state index contributed by atoms with van der Waals surface area (Å²) in [7, 11) is 0. The van der Waals surface area contributed by atoms with E-state index in [1.165, 1.54) is 6.33 Å². The van der Waals surface area contributed by atoms with Crippen molar-refractivity contribution in [2.45, 2.75) is 38.3 Å². The molecule has 2 heterocycles. The average Bonchev–Trinajstić information content (AvgIpc) is 3.35. The minimum Gasteiger partial charge on any atom is -0.388 e. The molecule has 1 aliphatic rings. The molecular weight excluding hydrogens is 388 g/mol. The first-order chi connectivity index (χ1) is 13.9. The van der Waals surface area contributed by atoms with Gasteiger partial charge in [0.25, 0.3) is 5.91 Å². The number of amides is 1.